The van der Waals surface area contributed by atoms with E-state index in [-0.39, 0.29) is 17.1 Å². The zero-order valence-electron chi connectivity index (χ0n) is 13.2. The molecular weight excluding hydrogens is 248 g/mol. The molecule has 0 saturated heterocycles. The van der Waals surface area contributed by atoms with E-state index < -0.39 is 0 Å². The molecule has 1 unspecified atom stereocenters. The Labute approximate surface area is 122 Å². The first kappa shape index (κ1) is 15.1. The van der Waals surface area contributed by atoms with Crippen molar-refractivity contribution in [2.45, 2.75) is 53.4 Å². The van der Waals surface area contributed by atoms with E-state index in [1.54, 1.807) is 0 Å². The van der Waals surface area contributed by atoms with Crippen molar-refractivity contribution < 1.29 is 9.53 Å². The van der Waals surface area contributed by atoms with Crippen LogP contribution in [0.5, 0.6) is 5.75 Å². The van der Waals surface area contributed by atoms with Gasteiger partial charge in [0.25, 0.3) is 0 Å². The van der Waals surface area contributed by atoms with Crippen molar-refractivity contribution in [2.75, 3.05) is 6.61 Å². The first-order valence-electron chi connectivity index (χ1n) is 7.73. The topological polar surface area (TPSA) is 26.3 Å². The molecule has 1 saturated carbocycles. The fourth-order valence-electron chi connectivity index (χ4n) is 3.29. The minimum absolute atomic E-state index is 0.0998. The van der Waals surface area contributed by atoms with Crippen molar-refractivity contribution >= 4 is 5.78 Å². The van der Waals surface area contributed by atoms with E-state index in [1.165, 1.54) is 6.42 Å². The van der Waals surface area contributed by atoms with Crippen LogP contribution < -0.4 is 4.74 Å². The second-order valence-electron chi connectivity index (χ2n) is 6.58. The summed E-state index contributed by atoms with van der Waals surface area (Å²) in [5.41, 5.74) is 1.99. The van der Waals surface area contributed by atoms with Gasteiger partial charge in [-0.1, -0.05) is 38.3 Å². The number of aryl methyl sites for hydroxylation is 1. The second kappa shape index (κ2) is 5.99. The van der Waals surface area contributed by atoms with Gasteiger partial charge in [0.1, 0.15) is 5.75 Å². The van der Waals surface area contributed by atoms with E-state index in [0.717, 1.165) is 36.1 Å². The van der Waals surface area contributed by atoms with Gasteiger partial charge in [-0.2, -0.15) is 0 Å². The number of carbonyl (C=O) groups excluding carboxylic acids is 1. The Hall–Kier alpha value is -1.31. The summed E-state index contributed by atoms with van der Waals surface area (Å²) in [6, 6.07) is 5.92. The zero-order valence-corrected chi connectivity index (χ0v) is 13.2. The van der Waals surface area contributed by atoms with E-state index in [9.17, 15) is 4.79 Å². The number of Topliss-reactive ketones (excluding diaryl/α,β-unsaturated/α-hetero) is 1. The van der Waals surface area contributed by atoms with Crippen molar-refractivity contribution in [3.05, 3.63) is 29.3 Å². The predicted octanol–water partition coefficient (Wildman–Crippen LogP) is 4.79. The second-order valence-corrected chi connectivity index (χ2v) is 6.58. The Kier molecular flexibility index (Phi) is 4.52. The van der Waals surface area contributed by atoms with Crippen LogP contribution >= 0.6 is 0 Å². The maximum absolute atomic E-state index is 13.0. The number of ketones is 1. The third-order valence-electron chi connectivity index (χ3n) is 4.52. The summed E-state index contributed by atoms with van der Waals surface area (Å²) in [7, 11) is 0. The van der Waals surface area contributed by atoms with E-state index in [4.69, 9.17) is 4.74 Å². The fraction of sp³-hybridized carbons (Fsp3) is 0.611. The third-order valence-corrected chi connectivity index (χ3v) is 4.52. The van der Waals surface area contributed by atoms with Crippen LogP contribution in [0.25, 0.3) is 0 Å². The average molecular weight is 274 g/mol. The molecule has 1 atom stereocenters. The van der Waals surface area contributed by atoms with E-state index in [0.29, 0.717) is 6.61 Å². The van der Waals surface area contributed by atoms with E-state index >= 15 is 0 Å². The zero-order chi connectivity index (χ0) is 14.8. The van der Waals surface area contributed by atoms with Gasteiger partial charge in [0.15, 0.2) is 5.78 Å². The van der Waals surface area contributed by atoms with E-state index in [1.807, 2.05) is 32.0 Å². The van der Waals surface area contributed by atoms with Crippen LogP contribution in [0.2, 0.25) is 0 Å². The van der Waals surface area contributed by atoms with Crippen LogP contribution in [0.1, 0.15) is 62.4 Å². The SMILES string of the molecule is CCOc1ccc(C)cc1C(=O)C1CCCCC1(C)C. The van der Waals surface area contributed by atoms with Gasteiger partial charge in [0.05, 0.1) is 12.2 Å². The van der Waals surface area contributed by atoms with Crippen LogP contribution in [0.3, 0.4) is 0 Å². The summed E-state index contributed by atoms with van der Waals surface area (Å²) < 4.78 is 5.65. The van der Waals surface area contributed by atoms with Crippen molar-refractivity contribution in [1.29, 1.82) is 0 Å². The summed E-state index contributed by atoms with van der Waals surface area (Å²) >= 11 is 0. The lowest BCUT2D eigenvalue weighted by molar-refractivity contribution is 0.0693. The number of rotatable bonds is 4. The highest BCUT2D eigenvalue weighted by Crippen LogP contribution is 2.43. The first-order chi connectivity index (χ1) is 9.45. The number of benzene rings is 1. The van der Waals surface area contributed by atoms with Gasteiger partial charge in [-0.3, -0.25) is 4.79 Å². The van der Waals surface area contributed by atoms with Crippen LogP contribution in [0.4, 0.5) is 0 Å². The minimum Gasteiger partial charge on any atom is -0.493 e. The normalized spacial score (nSPS) is 21.5. The molecule has 1 fully saturated rings. The number of hydrogen-bond acceptors (Lipinski definition) is 2. The minimum atomic E-state index is 0.0998. The average Bonchev–Trinajstić information content (AvgIpc) is 2.40. The maximum atomic E-state index is 13.0. The molecule has 1 aliphatic carbocycles. The lowest BCUT2D eigenvalue weighted by Gasteiger charge is -2.37. The maximum Gasteiger partial charge on any atom is 0.170 e. The number of hydrogen-bond donors (Lipinski definition) is 0. The monoisotopic (exact) mass is 274 g/mol. The summed E-state index contributed by atoms with van der Waals surface area (Å²) in [6.45, 7) is 9.03. The van der Waals surface area contributed by atoms with Crippen LogP contribution in [0, 0.1) is 18.3 Å². The Morgan fingerprint density at radius 1 is 1.35 bits per heavy atom. The highest BCUT2D eigenvalue weighted by atomic mass is 16.5. The molecule has 2 heteroatoms. The number of ether oxygens (including phenoxy) is 1. The Morgan fingerprint density at radius 2 is 2.10 bits per heavy atom. The highest BCUT2D eigenvalue weighted by molar-refractivity contribution is 6.01. The van der Waals surface area contributed by atoms with Crippen LogP contribution in [-0.4, -0.2) is 12.4 Å². The first-order valence-corrected chi connectivity index (χ1v) is 7.73. The van der Waals surface area contributed by atoms with Crippen LogP contribution in [-0.2, 0) is 0 Å². The summed E-state index contributed by atoms with van der Waals surface area (Å²) in [5, 5.41) is 0. The summed E-state index contributed by atoms with van der Waals surface area (Å²) in [5.74, 6) is 1.13. The molecular formula is C18H26O2. The smallest absolute Gasteiger partial charge is 0.170 e. The predicted molar refractivity (Wildman–Crippen MR) is 82.4 cm³/mol. The largest absolute Gasteiger partial charge is 0.493 e. The highest BCUT2D eigenvalue weighted by Gasteiger charge is 2.38. The lowest BCUT2D eigenvalue weighted by Crippen LogP contribution is -2.34. The Bertz CT molecular complexity index is 488. The number of carbonyl (C=O) groups is 1. The molecule has 0 N–H and O–H groups in total. The van der Waals surface area contributed by atoms with Gasteiger partial charge in [-0.15, -0.1) is 0 Å². The Morgan fingerprint density at radius 3 is 2.75 bits per heavy atom. The van der Waals surface area contributed by atoms with Crippen molar-refractivity contribution in [3.8, 4) is 5.75 Å². The molecule has 0 aromatic heterocycles. The van der Waals surface area contributed by atoms with E-state index in [2.05, 4.69) is 13.8 Å². The molecule has 1 aromatic rings. The van der Waals surface area contributed by atoms with Gasteiger partial charge in [-0.25, -0.2) is 0 Å². The molecule has 20 heavy (non-hydrogen) atoms. The third kappa shape index (κ3) is 3.05. The van der Waals surface area contributed by atoms with Crippen molar-refractivity contribution in [1.82, 2.24) is 0 Å². The molecule has 2 rings (SSSR count). The van der Waals surface area contributed by atoms with Crippen molar-refractivity contribution in [3.63, 3.8) is 0 Å². The van der Waals surface area contributed by atoms with Gasteiger partial charge in [0.2, 0.25) is 0 Å². The molecule has 0 amide bonds. The van der Waals surface area contributed by atoms with Crippen molar-refractivity contribution in [2.24, 2.45) is 11.3 Å². The van der Waals surface area contributed by atoms with Gasteiger partial charge < -0.3 is 4.74 Å². The molecule has 1 aromatic carbocycles. The molecule has 2 nitrogen and oxygen atoms in total. The van der Waals surface area contributed by atoms with Gasteiger partial charge in [0, 0.05) is 5.92 Å². The summed E-state index contributed by atoms with van der Waals surface area (Å²) in [6.07, 6.45) is 4.54. The molecule has 0 spiro atoms. The molecule has 0 aliphatic heterocycles. The van der Waals surface area contributed by atoms with Crippen LogP contribution in [0.15, 0.2) is 18.2 Å². The molecule has 0 heterocycles. The standard InChI is InChI=1S/C18H26O2/c1-5-20-16-10-9-13(2)12-14(16)17(19)15-8-6-7-11-18(15,3)4/h9-10,12,15H,5-8,11H2,1-4H3. The Balaban J connectivity index is 2.34. The quantitative estimate of drug-likeness (QED) is 0.738. The molecule has 1 aliphatic rings. The lowest BCUT2D eigenvalue weighted by atomic mass is 9.66. The van der Waals surface area contributed by atoms with Gasteiger partial charge in [-0.05, 0) is 44.2 Å². The summed E-state index contributed by atoms with van der Waals surface area (Å²) in [4.78, 5) is 13.0. The molecule has 0 bridgehead atoms. The molecule has 0 radical (unpaired) electrons. The molecule has 110 valence electrons. The fourth-order valence-corrected chi connectivity index (χ4v) is 3.29. The van der Waals surface area contributed by atoms with Gasteiger partial charge >= 0.3 is 0 Å².